The van der Waals surface area contributed by atoms with E-state index in [4.69, 9.17) is 9.47 Å². The molecule has 4 nitrogen and oxygen atoms in total. The van der Waals surface area contributed by atoms with Crippen molar-refractivity contribution < 1.29 is 19.7 Å². The fourth-order valence-corrected chi connectivity index (χ4v) is 1.23. The molecule has 2 N–H and O–H groups in total. The van der Waals surface area contributed by atoms with E-state index in [0.717, 1.165) is 0 Å². The predicted octanol–water partition coefficient (Wildman–Crippen LogP) is 1.20. The van der Waals surface area contributed by atoms with Gasteiger partial charge in [0.2, 0.25) is 0 Å². The molecule has 4 heteroatoms. The molecule has 0 radical (unpaired) electrons. The number of methoxy groups -OCH3 is 1. The van der Waals surface area contributed by atoms with Gasteiger partial charge < -0.3 is 19.7 Å². The molecule has 0 aliphatic heterocycles. The van der Waals surface area contributed by atoms with E-state index < -0.39 is 6.10 Å². The highest BCUT2D eigenvalue weighted by Gasteiger charge is 2.22. The third kappa shape index (κ3) is 8.05. The molecular formula is C12H26O4. The molecule has 16 heavy (non-hydrogen) atoms. The molecular weight excluding hydrogens is 208 g/mol. The topological polar surface area (TPSA) is 58.9 Å². The molecule has 0 spiro atoms. The first-order valence-electron chi connectivity index (χ1n) is 5.80. The number of aliphatic hydroxyl groups excluding tert-OH is 2. The van der Waals surface area contributed by atoms with E-state index in [1.807, 2.05) is 20.8 Å². The van der Waals surface area contributed by atoms with Crippen LogP contribution in [0.3, 0.4) is 0 Å². The zero-order valence-electron chi connectivity index (χ0n) is 10.9. The Balaban J connectivity index is 3.53. The van der Waals surface area contributed by atoms with Gasteiger partial charge in [0.25, 0.3) is 0 Å². The van der Waals surface area contributed by atoms with Crippen LogP contribution in [0.2, 0.25) is 0 Å². The van der Waals surface area contributed by atoms with Gasteiger partial charge in [-0.3, -0.25) is 0 Å². The Labute approximate surface area is 98.6 Å². The van der Waals surface area contributed by atoms with Crippen LogP contribution >= 0.6 is 0 Å². The monoisotopic (exact) mass is 234 g/mol. The van der Waals surface area contributed by atoms with E-state index in [-0.39, 0.29) is 11.5 Å². The number of hydrogen-bond donors (Lipinski definition) is 2. The minimum absolute atomic E-state index is 0.128. The molecule has 0 saturated carbocycles. The van der Waals surface area contributed by atoms with Crippen LogP contribution in [0.1, 0.15) is 33.6 Å². The van der Waals surface area contributed by atoms with Crippen LogP contribution < -0.4 is 0 Å². The Bertz CT molecular complexity index is 165. The first-order chi connectivity index (χ1) is 7.38. The average Bonchev–Trinajstić information content (AvgIpc) is 2.19. The maximum Gasteiger partial charge on any atom is 0.0774 e. The first kappa shape index (κ1) is 15.8. The second-order valence-corrected chi connectivity index (χ2v) is 5.18. The van der Waals surface area contributed by atoms with E-state index in [1.54, 1.807) is 7.11 Å². The molecule has 0 aromatic carbocycles. The highest BCUT2D eigenvalue weighted by atomic mass is 16.5. The van der Waals surface area contributed by atoms with Crippen molar-refractivity contribution in [2.24, 2.45) is 5.41 Å². The number of rotatable bonds is 8. The molecule has 0 amide bonds. The Morgan fingerprint density at radius 1 is 1.06 bits per heavy atom. The number of ether oxygens (including phenoxy) is 2. The molecule has 0 aromatic heterocycles. The third-order valence-corrected chi connectivity index (χ3v) is 2.52. The number of hydrogen-bond acceptors (Lipinski definition) is 4. The van der Waals surface area contributed by atoms with Crippen molar-refractivity contribution in [3.05, 3.63) is 0 Å². The van der Waals surface area contributed by atoms with Crippen molar-refractivity contribution in [3.8, 4) is 0 Å². The molecule has 0 rings (SSSR count). The van der Waals surface area contributed by atoms with Crippen LogP contribution in [0.25, 0.3) is 0 Å². The zero-order chi connectivity index (χ0) is 12.6. The van der Waals surface area contributed by atoms with Gasteiger partial charge in [0.15, 0.2) is 0 Å². The van der Waals surface area contributed by atoms with E-state index in [9.17, 15) is 10.2 Å². The maximum absolute atomic E-state index is 9.77. The van der Waals surface area contributed by atoms with Crippen LogP contribution in [0.5, 0.6) is 0 Å². The number of aliphatic hydroxyl groups is 2. The van der Waals surface area contributed by atoms with Crippen LogP contribution in [0.4, 0.5) is 0 Å². The van der Waals surface area contributed by atoms with Gasteiger partial charge in [0.05, 0.1) is 32.0 Å². The maximum atomic E-state index is 9.77. The molecule has 2 atom stereocenters. The quantitative estimate of drug-likeness (QED) is 0.620. The van der Waals surface area contributed by atoms with Gasteiger partial charge in [-0.05, 0) is 18.3 Å². The third-order valence-electron chi connectivity index (χ3n) is 2.52. The highest BCUT2D eigenvalue weighted by molar-refractivity contribution is 4.73. The SMILES string of the molecule is COCCOCC(O)CCC(O)C(C)(C)C. The summed E-state index contributed by atoms with van der Waals surface area (Å²) in [6.45, 7) is 7.30. The van der Waals surface area contributed by atoms with E-state index in [2.05, 4.69) is 0 Å². The fraction of sp³-hybridized carbons (Fsp3) is 1.00. The van der Waals surface area contributed by atoms with Crippen LogP contribution in [-0.4, -0.2) is 49.4 Å². The molecule has 0 aliphatic carbocycles. The minimum atomic E-state index is -0.506. The summed E-state index contributed by atoms with van der Waals surface area (Å²) in [5, 5.41) is 19.4. The van der Waals surface area contributed by atoms with Crippen molar-refractivity contribution in [2.75, 3.05) is 26.9 Å². The lowest BCUT2D eigenvalue weighted by molar-refractivity contribution is -0.00495. The van der Waals surface area contributed by atoms with Gasteiger partial charge in [-0.2, -0.15) is 0 Å². The zero-order valence-corrected chi connectivity index (χ0v) is 10.9. The molecule has 2 unspecified atom stereocenters. The summed E-state index contributed by atoms with van der Waals surface area (Å²) in [6, 6.07) is 0. The van der Waals surface area contributed by atoms with Gasteiger partial charge in [0.1, 0.15) is 0 Å². The van der Waals surface area contributed by atoms with E-state index in [1.165, 1.54) is 0 Å². The second kappa shape index (κ2) is 8.01. The van der Waals surface area contributed by atoms with E-state index in [0.29, 0.717) is 32.7 Å². The minimum Gasteiger partial charge on any atom is -0.393 e. The second-order valence-electron chi connectivity index (χ2n) is 5.18. The standard InChI is InChI=1S/C12H26O4/c1-12(2,3)11(14)6-5-10(13)9-16-8-7-15-4/h10-11,13-14H,5-9H2,1-4H3. The summed E-state index contributed by atoms with van der Waals surface area (Å²) in [4.78, 5) is 0. The van der Waals surface area contributed by atoms with Crippen molar-refractivity contribution >= 4 is 0 Å². The lowest BCUT2D eigenvalue weighted by atomic mass is 9.86. The Morgan fingerprint density at radius 3 is 2.19 bits per heavy atom. The first-order valence-corrected chi connectivity index (χ1v) is 5.80. The fourth-order valence-electron chi connectivity index (χ4n) is 1.23. The molecule has 0 heterocycles. The summed E-state index contributed by atoms with van der Waals surface area (Å²) in [5.74, 6) is 0. The lowest BCUT2D eigenvalue weighted by Crippen LogP contribution is -2.28. The van der Waals surface area contributed by atoms with Gasteiger partial charge in [-0.25, -0.2) is 0 Å². The van der Waals surface area contributed by atoms with Gasteiger partial charge in [-0.15, -0.1) is 0 Å². The molecule has 0 saturated heterocycles. The Morgan fingerprint density at radius 2 is 1.69 bits per heavy atom. The largest absolute Gasteiger partial charge is 0.393 e. The Hall–Kier alpha value is -0.160. The van der Waals surface area contributed by atoms with E-state index >= 15 is 0 Å². The van der Waals surface area contributed by atoms with Crippen molar-refractivity contribution in [1.29, 1.82) is 0 Å². The summed E-state index contributed by atoms with van der Waals surface area (Å²) >= 11 is 0. The van der Waals surface area contributed by atoms with Crippen molar-refractivity contribution in [2.45, 2.75) is 45.8 Å². The summed E-state index contributed by atoms with van der Waals surface area (Å²) in [7, 11) is 1.61. The summed E-state index contributed by atoms with van der Waals surface area (Å²) in [5.41, 5.74) is -0.128. The highest BCUT2D eigenvalue weighted by Crippen LogP contribution is 2.23. The average molecular weight is 234 g/mol. The summed E-state index contributed by atoms with van der Waals surface area (Å²) in [6.07, 6.45) is 0.263. The van der Waals surface area contributed by atoms with Gasteiger partial charge >= 0.3 is 0 Å². The van der Waals surface area contributed by atoms with Gasteiger partial charge in [-0.1, -0.05) is 20.8 Å². The smallest absolute Gasteiger partial charge is 0.0774 e. The molecule has 0 bridgehead atoms. The normalized spacial score (nSPS) is 16.1. The molecule has 0 aromatic rings. The van der Waals surface area contributed by atoms with Crippen molar-refractivity contribution in [1.82, 2.24) is 0 Å². The van der Waals surface area contributed by atoms with Gasteiger partial charge in [0, 0.05) is 7.11 Å². The van der Waals surface area contributed by atoms with Crippen LogP contribution in [-0.2, 0) is 9.47 Å². The predicted molar refractivity (Wildman–Crippen MR) is 63.4 cm³/mol. The molecule has 0 aliphatic rings. The van der Waals surface area contributed by atoms with Crippen molar-refractivity contribution in [3.63, 3.8) is 0 Å². The van der Waals surface area contributed by atoms with Crippen LogP contribution in [0, 0.1) is 5.41 Å². The lowest BCUT2D eigenvalue weighted by Gasteiger charge is -2.26. The van der Waals surface area contributed by atoms with Crippen LogP contribution in [0.15, 0.2) is 0 Å². The Kier molecular flexibility index (Phi) is 7.93. The molecule has 0 fully saturated rings. The molecule has 98 valence electrons. The summed E-state index contributed by atoms with van der Waals surface area (Å²) < 4.78 is 10.0.